The van der Waals surface area contributed by atoms with Crippen LogP contribution in [0.1, 0.15) is 19.3 Å². The van der Waals surface area contributed by atoms with Gasteiger partial charge in [0.2, 0.25) is 0 Å². The summed E-state index contributed by atoms with van der Waals surface area (Å²) in [7, 11) is 6.13. The van der Waals surface area contributed by atoms with E-state index in [4.69, 9.17) is 10.7 Å². The van der Waals surface area contributed by atoms with Gasteiger partial charge in [-0.05, 0) is 57.1 Å². The van der Waals surface area contributed by atoms with E-state index < -0.39 is 0 Å². The molecule has 0 saturated heterocycles. The van der Waals surface area contributed by atoms with E-state index >= 15 is 0 Å². The summed E-state index contributed by atoms with van der Waals surface area (Å²) in [6.45, 7) is 1.65. The van der Waals surface area contributed by atoms with E-state index in [1.165, 1.54) is 5.69 Å². The van der Waals surface area contributed by atoms with Crippen LogP contribution in [0.25, 0.3) is 22.2 Å². The fourth-order valence-electron chi connectivity index (χ4n) is 3.58. The van der Waals surface area contributed by atoms with Gasteiger partial charge in [0.05, 0.1) is 11.2 Å². The van der Waals surface area contributed by atoms with Crippen LogP contribution in [0.4, 0.5) is 11.4 Å². The Labute approximate surface area is 174 Å². The first-order valence-electron chi connectivity index (χ1n) is 10.4. The number of rotatable bonds is 10. The number of aromatic nitrogens is 1. The van der Waals surface area contributed by atoms with Gasteiger partial charge < -0.3 is 21.3 Å². The molecular formula is C24H33N5. The fraction of sp³-hybridized carbons (Fsp3) is 0.375. The molecule has 3 aromatic rings. The van der Waals surface area contributed by atoms with Gasteiger partial charge in [-0.25, -0.2) is 4.98 Å². The van der Waals surface area contributed by atoms with E-state index in [1.54, 1.807) is 0 Å². The molecule has 3 rings (SSSR count). The molecule has 2 aromatic carbocycles. The molecule has 0 aliphatic heterocycles. The van der Waals surface area contributed by atoms with Crippen molar-refractivity contribution in [3.63, 3.8) is 0 Å². The maximum atomic E-state index is 5.66. The minimum Gasteiger partial charge on any atom is -0.384 e. The van der Waals surface area contributed by atoms with E-state index in [2.05, 4.69) is 78.2 Å². The number of benzene rings is 2. The van der Waals surface area contributed by atoms with E-state index in [1.807, 2.05) is 13.1 Å². The zero-order chi connectivity index (χ0) is 20.6. The second-order valence-corrected chi connectivity index (χ2v) is 7.65. The molecule has 154 valence electrons. The predicted octanol–water partition coefficient (Wildman–Crippen LogP) is 4.10. The molecule has 1 aromatic heterocycles. The smallest absolute Gasteiger partial charge is 0.0730 e. The van der Waals surface area contributed by atoms with Gasteiger partial charge in [0.15, 0.2) is 0 Å². The van der Waals surface area contributed by atoms with Crippen molar-refractivity contribution in [3.8, 4) is 11.3 Å². The van der Waals surface area contributed by atoms with Gasteiger partial charge in [0.1, 0.15) is 0 Å². The Kier molecular flexibility index (Phi) is 7.44. The minimum atomic E-state index is 0.484. The number of anilines is 2. The molecule has 0 spiro atoms. The molecule has 29 heavy (non-hydrogen) atoms. The van der Waals surface area contributed by atoms with Crippen LogP contribution < -0.4 is 21.3 Å². The number of nitrogens with one attached hydrogen (secondary N) is 2. The molecule has 4 N–H and O–H groups in total. The predicted molar refractivity (Wildman–Crippen MR) is 126 cm³/mol. The van der Waals surface area contributed by atoms with Gasteiger partial charge in [-0.1, -0.05) is 30.3 Å². The largest absolute Gasteiger partial charge is 0.384 e. The van der Waals surface area contributed by atoms with Gasteiger partial charge in [-0.3, -0.25) is 0 Å². The van der Waals surface area contributed by atoms with Crippen LogP contribution >= 0.6 is 0 Å². The Morgan fingerprint density at radius 1 is 1.03 bits per heavy atom. The minimum absolute atomic E-state index is 0.484. The van der Waals surface area contributed by atoms with Crippen molar-refractivity contribution in [1.29, 1.82) is 0 Å². The summed E-state index contributed by atoms with van der Waals surface area (Å²) in [5.41, 5.74) is 11.1. The third-order valence-electron chi connectivity index (χ3n) is 5.37. The van der Waals surface area contributed by atoms with Gasteiger partial charge in [0, 0.05) is 49.0 Å². The summed E-state index contributed by atoms with van der Waals surface area (Å²) in [6.07, 6.45) is 3.21. The van der Waals surface area contributed by atoms with E-state index in [0.29, 0.717) is 6.04 Å². The zero-order valence-electron chi connectivity index (χ0n) is 17.8. The topological polar surface area (TPSA) is 66.2 Å². The molecule has 0 aliphatic rings. The second-order valence-electron chi connectivity index (χ2n) is 7.65. The highest BCUT2D eigenvalue weighted by molar-refractivity contribution is 5.93. The average molecular weight is 392 g/mol. The lowest BCUT2D eigenvalue weighted by atomic mass is 10.1. The molecule has 0 amide bonds. The van der Waals surface area contributed by atoms with Crippen LogP contribution in [0.5, 0.6) is 0 Å². The molecule has 5 heteroatoms. The first kappa shape index (κ1) is 21.1. The quantitative estimate of drug-likeness (QED) is 0.486. The number of hydrogen-bond donors (Lipinski definition) is 3. The second kappa shape index (κ2) is 10.2. The molecule has 0 radical (unpaired) electrons. The number of nitrogens with zero attached hydrogens (tertiary/aromatic N) is 2. The number of nitrogens with two attached hydrogens (primary N) is 1. The SMILES string of the molecule is CNC(CCCN)CCNc1cc(-c2ccc(N(C)C)cc2)nc2ccccc12. The van der Waals surface area contributed by atoms with Crippen molar-refractivity contribution in [2.45, 2.75) is 25.3 Å². The number of para-hydroxylation sites is 1. The molecule has 1 heterocycles. The van der Waals surface area contributed by atoms with Crippen LogP contribution in [0.2, 0.25) is 0 Å². The van der Waals surface area contributed by atoms with Crippen molar-refractivity contribution in [3.05, 3.63) is 54.6 Å². The lowest BCUT2D eigenvalue weighted by molar-refractivity contribution is 0.487. The molecule has 0 fully saturated rings. The van der Waals surface area contributed by atoms with Crippen LogP contribution in [-0.4, -0.2) is 45.3 Å². The highest BCUT2D eigenvalue weighted by Crippen LogP contribution is 2.29. The Balaban J connectivity index is 1.82. The fourth-order valence-corrected chi connectivity index (χ4v) is 3.58. The van der Waals surface area contributed by atoms with Gasteiger partial charge in [-0.15, -0.1) is 0 Å². The summed E-state index contributed by atoms with van der Waals surface area (Å²) in [4.78, 5) is 7.01. The summed E-state index contributed by atoms with van der Waals surface area (Å²) in [6, 6.07) is 19.5. The first-order chi connectivity index (χ1) is 14.1. The lowest BCUT2D eigenvalue weighted by Crippen LogP contribution is -2.28. The van der Waals surface area contributed by atoms with Crippen molar-refractivity contribution in [2.24, 2.45) is 5.73 Å². The van der Waals surface area contributed by atoms with Crippen LogP contribution in [0.3, 0.4) is 0 Å². The number of pyridine rings is 1. The summed E-state index contributed by atoms with van der Waals surface area (Å²) in [5, 5.41) is 8.21. The normalized spacial score (nSPS) is 12.1. The van der Waals surface area contributed by atoms with Crippen molar-refractivity contribution in [2.75, 3.05) is 44.4 Å². The van der Waals surface area contributed by atoms with Crippen molar-refractivity contribution < 1.29 is 0 Å². The Hall–Kier alpha value is -2.63. The highest BCUT2D eigenvalue weighted by Gasteiger charge is 2.09. The molecular weight excluding hydrogens is 358 g/mol. The molecule has 0 saturated carbocycles. The number of fused-ring (bicyclic) bond motifs is 1. The Morgan fingerprint density at radius 2 is 1.79 bits per heavy atom. The lowest BCUT2D eigenvalue weighted by Gasteiger charge is -2.18. The third kappa shape index (κ3) is 5.46. The monoisotopic (exact) mass is 391 g/mol. The zero-order valence-corrected chi connectivity index (χ0v) is 17.8. The van der Waals surface area contributed by atoms with Gasteiger partial charge >= 0.3 is 0 Å². The molecule has 1 unspecified atom stereocenters. The van der Waals surface area contributed by atoms with Crippen LogP contribution in [-0.2, 0) is 0 Å². The highest BCUT2D eigenvalue weighted by atomic mass is 15.1. The Morgan fingerprint density at radius 3 is 2.48 bits per heavy atom. The summed E-state index contributed by atoms with van der Waals surface area (Å²) < 4.78 is 0. The van der Waals surface area contributed by atoms with Crippen molar-refractivity contribution >= 4 is 22.3 Å². The first-order valence-corrected chi connectivity index (χ1v) is 10.4. The number of hydrogen-bond acceptors (Lipinski definition) is 5. The van der Waals surface area contributed by atoms with E-state index in [0.717, 1.165) is 60.2 Å². The Bertz CT molecular complexity index is 905. The third-order valence-corrected chi connectivity index (χ3v) is 5.37. The molecule has 1 atom stereocenters. The van der Waals surface area contributed by atoms with Gasteiger partial charge in [-0.2, -0.15) is 0 Å². The van der Waals surface area contributed by atoms with Crippen molar-refractivity contribution in [1.82, 2.24) is 10.3 Å². The molecule has 0 aliphatic carbocycles. The molecule has 0 bridgehead atoms. The molecule has 5 nitrogen and oxygen atoms in total. The summed E-state index contributed by atoms with van der Waals surface area (Å²) >= 11 is 0. The maximum absolute atomic E-state index is 5.66. The average Bonchev–Trinajstić information content (AvgIpc) is 2.76. The maximum Gasteiger partial charge on any atom is 0.0730 e. The van der Waals surface area contributed by atoms with E-state index in [9.17, 15) is 0 Å². The summed E-state index contributed by atoms with van der Waals surface area (Å²) in [5.74, 6) is 0. The van der Waals surface area contributed by atoms with E-state index in [-0.39, 0.29) is 0 Å². The van der Waals surface area contributed by atoms with Gasteiger partial charge in [0.25, 0.3) is 0 Å². The van der Waals surface area contributed by atoms with Crippen LogP contribution in [0, 0.1) is 0 Å². The van der Waals surface area contributed by atoms with Crippen LogP contribution in [0.15, 0.2) is 54.6 Å². The standard InChI is InChI=1S/C24H33N5/c1-26-19(7-6-15-25)14-16-27-24-17-23(28-22-9-5-4-8-21(22)24)18-10-12-20(13-11-18)29(2)3/h4-5,8-13,17,19,26H,6-7,14-16,25H2,1-3H3,(H,27,28).